The first-order valence-corrected chi connectivity index (χ1v) is 9.73. The SMILES string of the molecule is Cc1ccc(-c2csc3ncn(CCC(=O)Nc4cccnc4)c(=O)c23)cc1. The molecule has 0 aliphatic carbocycles. The fourth-order valence-corrected chi connectivity index (χ4v) is 3.86. The van der Waals surface area contributed by atoms with Gasteiger partial charge < -0.3 is 5.32 Å². The summed E-state index contributed by atoms with van der Waals surface area (Å²) < 4.78 is 1.50. The zero-order valence-electron chi connectivity index (χ0n) is 15.3. The smallest absolute Gasteiger partial charge is 0.262 e. The molecule has 0 aliphatic rings. The molecular weight excluding hydrogens is 372 g/mol. The number of carbonyl (C=O) groups excluding carboxylic acids is 1. The number of thiophene rings is 1. The van der Waals surface area contributed by atoms with Gasteiger partial charge in [-0.1, -0.05) is 29.8 Å². The molecule has 1 aromatic carbocycles. The Morgan fingerprint density at radius 1 is 1.21 bits per heavy atom. The van der Waals surface area contributed by atoms with Crippen LogP contribution in [0.2, 0.25) is 0 Å². The van der Waals surface area contributed by atoms with Gasteiger partial charge in [0.15, 0.2) is 0 Å². The van der Waals surface area contributed by atoms with Crippen LogP contribution in [0.15, 0.2) is 65.3 Å². The molecule has 0 fully saturated rings. The van der Waals surface area contributed by atoms with E-state index in [9.17, 15) is 9.59 Å². The largest absolute Gasteiger partial charge is 0.325 e. The number of amides is 1. The van der Waals surface area contributed by atoms with Crippen molar-refractivity contribution in [2.75, 3.05) is 5.32 Å². The lowest BCUT2D eigenvalue weighted by atomic mass is 10.1. The van der Waals surface area contributed by atoms with E-state index in [0.717, 1.165) is 11.1 Å². The first-order valence-electron chi connectivity index (χ1n) is 8.85. The Morgan fingerprint density at radius 3 is 2.79 bits per heavy atom. The van der Waals surface area contributed by atoms with Crippen molar-refractivity contribution in [2.24, 2.45) is 0 Å². The van der Waals surface area contributed by atoms with Crippen LogP contribution in [0, 0.1) is 6.92 Å². The molecule has 0 spiro atoms. The molecule has 0 atom stereocenters. The Labute approximate surface area is 165 Å². The summed E-state index contributed by atoms with van der Waals surface area (Å²) >= 11 is 1.45. The summed E-state index contributed by atoms with van der Waals surface area (Å²) in [5.74, 6) is -0.177. The normalized spacial score (nSPS) is 10.9. The molecule has 4 aromatic rings. The highest BCUT2D eigenvalue weighted by Gasteiger charge is 2.14. The number of pyridine rings is 1. The maximum absolute atomic E-state index is 13.0. The number of aromatic nitrogens is 3. The second-order valence-electron chi connectivity index (χ2n) is 6.48. The van der Waals surface area contributed by atoms with Gasteiger partial charge in [0.25, 0.3) is 5.56 Å². The molecule has 7 heteroatoms. The van der Waals surface area contributed by atoms with Crippen LogP contribution in [-0.4, -0.2) is 20.4 Å². The van der Waals surface area contributed by atoms with Gasteiger partial charge in [-0.2, -0.15) is 0 Å². The third-order valence-corrected chi connectivity index (χ3v) is 5.33. The average Bonchev–Trinajstić information content (AvgIpc) is 3.14. The van der Waals surface area contributed by atoms with Crippen molar-refractivity contribution >= 4 is 33.1 Å². The molecule has 0 bridgehead atoms. The summed E-state index contributed by atoms with van der Waals surface area (Å²) in [7, 11) is 0. The third-order valence-electron chi connectivity index (χ3n) is 4.45. The lowest BCUT2D eigenvalue weighted by Crippen LogP contribution is -2.23. The molecule has 0 unspecified atom stereocenters. The molecule has 3 aromatic heterocycles. The fourth-order valence-electron chi connectivity index (χ4n) is 2.95. The number of benzene rings is 1. The van der Waals surface area contributed by atoms with Gasteiger partial charge in [-0.3, -0.25) is 19.1 Å². The first-order chi connectivity index (χ1) is 13.6. The molecule has 140 valence electrons. The van der Waals surface area contributed by atoms with Gasteiger partial charge in [0.1, 0.15) is 4.83 Å². The standard InChI is InChI=1S/C21H18N4O2S/c1-14-4-6-15(7-5-14)17-12-28-20-19(17)21(27)25(13-23-20)10-8-18(26)24-16-3-2-9-22-11-16/h2-7,9,11-13H,8,10H2,1H3,(H,24,26). The molecule has 4 rings (SSSR count). The second kappa shape index (κ2) is 7.74. The van der Waals surface area contributed by atoms with Gasteiger partial charge >= 0.3 is 0 Å². The zero-order valence-corrected chi connectivity index (χ0v) is 16.1. The predicted octanol–water partition coefficient (Wildman–Crippen LogP) is 3.86. The maximum Gasteiger partial charge on any atom is 0.262 e. The van der Waals surface area contributed by atoms with Crippen LogP contribution in [0.3, 0.4) is 0 Å². The van der Waals surface area contributed by atoms with E-state index >= 15 is 0 Å². The lowest BCUT2D eigenvalue weighted by Gasteiger charge is -2.07. The van der Waals surface area contributed by atoms with Gasteiger partial charge in [-0.05, 0) is 24.6 Å². The number of hydrogen-bond donors (Lipinski definition) is 1. The molecule has 0 saturated carbocycles. The van der Waals surface area contributed by atoms with Crippen molar-refractivity contribution in [1.29, 1.82) is 0 Å². The van der Waals surface area contributed by atoms with Crippen LogP contribution in [0.1, 0.15) is 12.0 Å². The number of rotatable bonds is 5. The number of fused-ring (bicyclic) bond motifs is 1. The van der Waals surface area contributed by atoms with E-state index in [4.69, 9.17) is 0 Å². The first kappa shape index (κ1) is 18.1. The number of nitrogens with one attached hydrogen (secondary N) is 1. The van der Waals surface area contributed by atoms with Crippen molar-refractivity contribution in [3.05, 3.63) is 76.4 Å². The quantitative estimate of drug-likeness (QED) is 0.561. The van der Waals surface area contributed by atoms with Crippen LogP contribution in [0.5, 0.6) is 0 Å². The van der Waals surface area contributed by atoms with Crippen molar-refractivity contribution in [2.45, 2.75) is 19.9 Å². The zero-order chi connectivity index (χ0) is 19.5. The Morgan fingerprint density at radius 2 is 2.04 bits per heavy atom. The van der Waals surface area contributed by atoms with E-state index in [1.54, 1.807) is 24.5 Å². The molecule has 1 N–H and O–H groups in total. The van der Waals surface area contributed by atoms with E-state index in [1.807, 2.05) is 36.6 Å². The number of aryl methyl sites for hydroxylation is 2. The van der Waals surface area contributed by atoms with Crippen molar-refractivity contribution in [1.82, 2.24) is 14.5 Å². The molecule has 0 radical (unpaired) electrons. The molecular formula is C21H18N4O2S. The number of carbonyl (C=O) groups is 1. The summed E-state index contributed by atoms with van der Waals surface area (Å²) in [6, 6.07) is 11.6. The molecule has 0 saturated heterocycles. The maximum atomic E-state index is 13.0. The van der Waals surface area contributed by atoms with Gasteiger partial charge in [-0.25, -0.2) is 4.98 Å². The van der Waals surface area contributed by atoms with Crippen molar-refractivity contribution in [3.8, 4) is 11.1 Å². The summed E-state index contributed by atoms with van der Waals surface area (Å²) in [6.45, 7) is 2.29. The summed E-state index contributed by atoms with van der Waals surface area (Å²) in [6.07, 6.45) is 4.91. The van der Waals surface area contributed by atoms with Gasteiger partial charge in [0, 0.05) is 30.1 Å². The second-order valence-corrected chi connectivity index (χ2v) is 7.34. The molecule has 3 heterocycles. The highest BCUT2D eigenvalue weighted by atomic mass is 32.1. The molecule has 1 amide bonds. The van der Waals surface area contributed by atoms with Crippen LogP contribution >= 0.6 is 11.3 Å². The van der Waals surface area contributed by atoms with Crippen LogP contribution in [0.25, 0.3) is 21.3 Å². The van der Waals surface area contributed by atoms with Crippen molar-refractivity contribution in [3.63, 3.8) is 0 Å². The van der Waals surface area contributed by atoms with Gasteiger partial charge in [0.2, 0.25) is 5.91 Å². The number of nitrogens with zero attached hydrogens (tertiary/aromatic N) is 3. The summed E-state index contributed by atoms with van der Waals surface area (Å²) in [4.78, 5) is 34.2. The lowest BCUT2D eigenvalue weighted by molar-refractivity contribution is -0.116. The molecule has 6 nitrogen and oxygen atoms in total. The minimum atomic E-state index is -0.177. The minimum Gasteiger partial charge on any atom is -0.325 e. The topological polar surface area (TPSA) is 76.9 Å². The minimum absolute atomic E-state index is 0.129. The summed E-state index contributed by atoms with van der Waals surface area (Å²) in [5.41, 5.74) is 3.54. The molecule has 28 heavy (non-hydrogen) atoms. The van der Waals surface area contributed by atoms with Crippen LogP contribution in [0.4, 0.5) is 5.69 Å². The number of hydrogen-bond acceptors (Lipinski definition) is 5. The summed E-state index contributed by atoms with van der Waals surface area (Å²) in [5, 5.41) is 5.33. The van der Waals surface area contributed by atoms with E-state index in [2.05, 4.69) is 15.3 Å². The van der Waals surface area contributed by atoms with E-state index < -0.39 is 0 Å². The highest BCUT2D eigenvalue weighted by molar-refractivity contribution is 7.17. The Kier molecular flexibility index (Phi) is 4.99. The van der Waals surface area contributed by atoms with E-state index in [1.165, 1.54) is 27.8 Å². The molecule has 0 aliphatic heterocycles. The Hall–Kier alpha value is -3.32. The van der Waals surface area contributed by atoms with Crippen molar-refractivity contribution < 1.29 is 4.79 Å². The fraction of sp³-hybridized carbons (Fsp3) is 0.143. The van der Waals surface area contributed by atoms with Crippen LogP contribution < -0.4 is 10.9 Å². The van der Waals surface area contributed by atoms with Crippen LogP contribution in [-0.2, 0) is 11.3 Å². The predicted molar refractivity (Wildman–Crippen MR) is 112 cm³/mol. The Balaban J connectivity index is 1.57. The average molecular weight is 390 g/mol. The Bertz CT molecular complexity index is 1180. The van der Waals surface area contributed by atoms with E-state index in [-0.39, 0.29) is 24.4 Å². The number of anilines is 1. The highest BCUT2D eigenvalue weighted by Crippen LogP contribution is 2.30. The monoisotopic (exact) mass is 390 g/mol. The van der Waals surface area contributed by atoms with Gasteiger partial charge in [-0.15, -0.1) is 11.3 Å². The van der Waals surface area contributed by atoms with E-state index in [0.29, 0.717) is 15.9 Å². The van der Waals surface area contributed by atoms with Gasteiger partial charge in [0.05, 0.1) is 23.6 Å². The third kappa shape index (κ3) is 3.70.